The molecule has 0 bridgehead atoms. The van der Waals surface area contributed by atoms with Crippen LogP contribution < -0.4 is 10.2 Å². The molecule has 0 radical (unpaired) electrons. The summed E-state index contributed by atoms with van der Waals surface area (Å²) >= 11 is 0. The molecule has 0 spiro atoms. The van der Waals surface area contributed by atoms with Crippen molar-refractivity contribution < 1.29 is 14.3 Å². The molecule has 0 aromatic heterocycles. The number of nitrogens with one attached hydrogen (secondary N) is 1. The number of amides is 2. The molecule has 26 heavy (non-hydrogen) atoms. The summed E-state index contributed by atoms with van der Waals surface area (Å²) in [5.74, 6) is 0.159. The van der Waals surface area contributed by atoms with Crippen LogP contribution in [0.4, 0.5) is 11.4 Å². The summed E-state index contributed by atoms with van der Waals surface area (Å²) in [4.78, 5) is 28.6. The van der Waals surface area contributed by atoms with Crippen molar-refractivity contribution in [2.24, 2.45) is 0 Å². The van der Waals surface area contributed by atoms with Crippen LogP contribution >= 0.6 is 0 Å². The molecule has 2 unspecified atom stereocenters. The van der Waals surface area contributed by atoms with E-state index in [-0.39, 0.29) is 17.9 Å². The van der Waals surface area contributed by atoms with E-state index in [0.29, 0.717) is 25.6 Å². The van der Waals surface area contributed by atoms with Gasteiger partial charge in [0, 0.05) is 36.9 Å². The molecule has 2 aliphatic heterocycles. The van der Waals surface area contributed by atoms with E-state index in [4.69, 9.17) is 4.74 Å². The Balaban J connectivity index is 1.38. The standard InChI is InChI=1S/C20H27N3O3/c24-19(14-22-11-12-26-18-8-2-1-7-17(18)22)21-15-5-3-6-16(13-15)23-10-4-9-20(23)25/h3,5-6,13,17-18H,1-2,4,7-12,14H2,(H,21,24). The number of benzene rings is 1. The molecule has 6 nitrogen and oxygen atoms in total. The highest BCUT2D eigenvalue weighted by Crippen LogP contribution is 2.28. The lowest BCUT2D eigenvalue weighted by molar-refractivity contribution is -0.124. The molecule has 3 aliphatic rings. The minimum absolute atomic E-state index is 0.00104. The Hall–Kier alpha value is -1.92. The van der Waals surface area contributed by atoms with Crippen LogP contribution in [0.1, 0.15) is 38.5 Å². The molecule has 140 valence electrons. The fourth-order valence-electron chi connectivity index (χ4n) is 4.43. The summed E-state index contributed by atoms with van der Waals surface area (Å²) < 4.78 is 5.88. The summed E-state index contributed by atoms with van der Waals surface area (Å²) in [6, 6.07) is 7.96. The fourth-order valence-corrected chi connectivity index (χ4v) is 4.43. The summed E-state index contributed by atoms with van der Waals surface area (Å²) in [6.45, 7) is 2.68. The van der Waals surface area contributed by atoms with E-state index in [1.807, 2.05) is 24.3 Å². The van der Waals surface area contributed by atoms with E-state index in [2.05, 4.69) is 10.2 Å². The largest absolute Gasteiger partial charge is 0.375 e. The van der Waals surface area contributed by atoms with Crippen LogP contribution in [0.5, 0.6) is 0 Å². The van der Waals surface area contributed by atoms with E-state index in [1.165, 1.54) is 12.8 Å². The molecule has 2 saturated heterocycles. The maximum absolute atomic E-state index is 12.6. The SMILES string of the molecule is O=C(CN1CCOC2CCCCC21)Nc1cccc(N2CCCC2=O)c1. The molecule has 1 aliphatic carbocycles. The first-order valence-corrected chi connectivity index (χ1v) is 9.77. The number of morpholine rings is 1. The van der Waals surface area contributed by atoms with Gasteiger partial charge in [-0.1, -0.05) is 18.9 Å². The number of nitrogens with zero attached hydrogens (tertiary/aromatic N) is 2. The van der Waals surface area contributed by atoms with Crippen LogP contribution in [0.3, 0.4) is 0 Å². The minimum atomic E-state index is 0.00104. The van der Waals surface area contributed by atoms with Crippen molar-refractivity contribution in [2.75, 3.05) is 36.5 Å². The minimum Gasteiger partial charge on any atom is -0.375 e. The van der Waals surface area contributed by atoms with Crippen molar-refractivity contribution in [3.8, 4) is 0 Å². The van der Waals surface area contributed by atoms with Crippen molar-refractivity contribution >= 4 is 23.2 Å². The zero-order chi connectivity index (χ0) is 17.9. The molecule has 1 N–H and O–H groups in total. The quantitative estimate of drug-likeness (QED) is 0.899. The van der Waals surface area contributed by atoms with Crippen molar-refractivity contribution in [2.45, 2.75) is 50.7 Å². The number of anilines is 2. The molecule has 1 aromatic rings. The zero-order valence-corrected chi connectivity index (χ0v) is 15.2. The number of rotatable bonds is 4. The molecule has 1 aromatic carbocycles. The number of carbonyl (C=O) groups is 2. The highest BCUT2D eigenvalue weighted by molar-refractivity contribution is 5.97. The number of carbonyl (C=O) groups excluding carboxylic acids is 2. The Bertz CT molecular complexity index is 676. The van der Waals surface area contributed by atoms with Gasteiger partial charge in [-0.25, -0.2) is 0 Å². The van der Waals surface area contributed by atoms with Crippen LogP contribution in [0, 0.1) is 0 Å². The predicted octanol–water partition coefficient (Wildman–Crippen LogP) is 2.40. The number of hydrogen-bond acceptors (Lipinski definition) is 4. The Labute approximate surface area is 154 Å². The van der Waals surface area contributed by atoms with Gasteiger partial charge in [-0.15, -0.1) is 0 Å². The normalized spacial score (nSPS) is 26.6. The molecular weight excluding hydrogens is 330 g/mol. The monoisotopic (exact) mass is 357 g/mol. The van der Waals surface area contributed by atoms with Crippen LogP contribution in [-0.4, -0.2) is 55.1 Å². The van der Waals surface area contributed by atoms with Crippen LogP contribution in [0.15, 0.2) is 24.3 Å². The highest BCUT2D eigenvalue weighted by atomic mass is 16.5. The first-order valence-electron chi connectivity index (χ1n) is 9.77. The maximum Gasteiger partial charge on any atom is 0.238 e. The van der Waals surface area contributed by atoms with Gasteiger partial charge in [0.05, 0.1) is 19.3 Å². The fraction of sp³-hybridized carbons (Fsp3) is 0.600. The molecule has 3 fully saturated rings. The Kier molecular flexibility index (Phi) is 5.22. The second kappa shape index (κ2) is 7.76. The molecule has 6 heteroatoms. The van der Waals surface area contributed by atoms with E-state index in [1.54, 1.807) is 4.90 Å². The Morgan fingerprint density at radius 3 is 2.92 bits per heavy atom. The average molecular weight is 357 g/mol. The Morgan fingerprint density at radius 1 is 1.19 bits per heavy atom. The molecule has 4 rings (SSSR count). The first-order chi connectivity index (χ1) is 12.7. The summed E-state index contributed by atoms with van der Waals surface area (Å²) in [7, 11) is 0. The average Bonchev–Trinajstić information content (AvgIpc) is 3.08. The first kappa shape index (κ1) is 17.5. The summed E-state index contributed by atoms with van der Waals surface area (Å²) in [6.07, 6.45) is 6.46. The lowest BCUT2D eigenvalue weighted by atomic mass is 9.90. The lowest BCUT2D eigenvalue weighted by Gasteiger charge is -2.43. The molecule has 1 saturated carbocycles. The second-order valence-electron chi connectivity index (χ2n) is 7.48. The second-order valence-corrected chi connectivity index (χ2v) is 7.48. The van der Waals surface area contributed by atoms with Crippen molar-refractivity contribution in [1.82, 2.24) is 4.90 Å². The van der Waals surface area contributed by atoms with Gasteiger partial charge < -0.3 is 15.0 Å². The number of ether oxygens (including phenoxy) is 1. The van der Waals surface area contributed by atoms with Gasteiger partial charge >= 0.3 is 0 Å². The van der Waals surface area contributed by atoms with E-state index in [0.717, 1.165) is 43.7 Å². The number of fused-ring (bicyclic) bond motifs is 1. The smallest absolute Gasteiger partial charge is 0.238 e. The van der Waals surface area contributed by atoms with Crippen molar-refractivity contribution in [3.63, 3.8) is 0 Å². The van der Waals surface area contributed by atoms with Crippen molar-refractivity contribution in [1.29, 1.82) is 0 Å². The van der Waals surface area contributed by atoms with E-state index >= 15 is 0 Å². The molecule has 2 heterocycles. The third-order valence-electron chi connectivity index (χ3n) is 5.71. The third-order valence-corrected chi connectivity index (χ3v) is 5.71. The Morgan fingerprint density at radius 2 is 2.08 bits per heavy atom. The third kappa shape index (κ3) is 3.76. The lowest BCUT2D eigenvalue weighted by Crippen LogP contribution is -2.54. The molecular formula is C20H27N3O3. The number of hydrogen-bond donors (Lipinski definition) is 1. The zero-order valence-electron chi connectivity index (χ0n) is 15.2. The van der Waals surface area contributed by atoms with E-state index in [9.17, 15) is 9.59 Å². The van der Waals surface area contributed by atoms with Crippen LogP contribution in [0.2, 0.25) is 0 Å². The maximum atomic E-state index is 12.6. The van der Waals surface area contributed by atoms with Crippen LogP contribution in [-0.2, 0) is 14.3 Å². The van der Waals surface area contributed by atoms with Gasteiger partial charge in [0.15, 0.2) is 0 Å². The van der Waals surface area contributed by atoms with Crippen molar-refractivity contribution in [3.05, 3.63) is 24.3 Å². The van der Waals surface area contributed by atoms with Gasteiger partial charge in [0.2, 0.25) is 11.8 Å². The summed E-state index contributed by atoms with van der Waals surface area (Å²) in [5, 5.41) is 3.00. The molecule has 2 amide bonds. The predicted molar refractivity (Wildman–Crippen MR) is 100 cm³/mol. The molecule has 2 atom stereocenters. The van der Waals surface area contributed by atoms with Gasteiger partial charge in [0.1, 0.15) is 0 Å². The topological polar surface area (TPSA) is 61.9 Å². The van der Waals surface area contributed by atoms with Gasteiger partial charge in [-0.3, -0.25) is 14.5 Å². The summed E-state index contributed by atoms with van der Waals surface area (Å²) in [5.41, 5.74) is 1.62. The van der Waals surface area contributed by atoms with Crippen LogP contribution in [0.25, 0.3) is 0 Å². The highest BCUT2D eigenvalue weighted by Gasteiger charge is 2.34. The van der Waals surface area contributed by atoms with Gasteiger partial charge in [0.25, 0.3) is 0 Å². The van der Waals surface area contributed by atoms with E-state index < -0.39 is 0 Å². The van der Waals surface area contributed by atoms with Gasteiger partial charge in [-0.05, 0) is 37.5 Å². The van der Waals surface area contributed by atoms with Gasteiger partial charge in [-0.2, -0.15) is 0 Å².